The van der Waals surface area contributed by atoms with E-state index in [1.165, 1.54) is 6.26 Å². The summed E-state index contributed by atoms with van der Waals surface area (Å²) < 4.78 is 6.65. The maximum atomic E-state index is 13.3. The van der Waals surface area contributed by atoms with E-state index < -0.39 is 0 Å². The molecule has 0 bridgehead atoms. The summed E-state index contributed by atoms with van der Waals surface area (Å²) >= 11 is 12.1. The summed E-state index contributed by atoms with van der Waals surface area (Å²) in [5, 5.41) is 9.31. The second kappa shape index (κ2) is 7.69. The Hall–Kier alpha value is -2.84. The Kier molecular flexibility index (Phi) is 4.98. The molecule has 1 aromatic carbocycles. The number of halogens is 2. The average Bonchev–Trinajstić information content (AvgIpc) is 3.38. The minimum atomic E-state index is -0.153. The summed E-state index contributed by atoms with van der Waals surface area (Å²) in [5.41, 5.74) is 3.38. The topological polar surface area (TPSA) is 84.5 Å². The van der Waals surface area contributed by atoms with Gasteiger partial charge in [-0.15, -0.1) is 0 Å². The lowest BCUT2D eigenvalue weighted by Gasteiger charge is -2.34. The summed E-state index contributed by atoms with van der Waals surface area (Å²) in [4.78, 5) is 30.0. The number of carbonyl (C=O) groups is 2. The highest BCUT2D eigenvalue weighted by Crippen LogP contribution is 2.31. The molecule has 2 aliphatic rings. The lowest BCUT2D eigenvalue weighted by Crippen LogP contribution is -2.44. The van der Waals surface area contributed by atoms with Crippen LogP contribution in [0.2, 0.25) is 10.0 Å². The number of hydrogen-bond donors (Lipinski definition) is 0. The average molecular weight is 460 g/mol. The highest BCUT2D eigenvalue weighted by Gasteiger charge is 2.37. The first-order chi connectivity index (χ1) is 14.9. The Morgan fingerprint density at radius 2 is 2.06 bits per heavy atom. The van der Waals surface area contributed by atoms with Crippen molar-refractivity contribution in [3.05, 3.63) is 68.8 Å². The molecule has 3 aromatic rings. The van der Waals surface area contributed by atoms with E-state index in [1.54, 1.807) is 38.7 Å². The first-order valence-corrected chi connectivity index (χ1v) is 10.7. The summed E-state index contributed by atoms with van der Waals surface area (Å²) in [6.07, 6.45) is 2.07. The van der Waals surface area contributed by atoms with Crippen LogP contribution >= 0.6 is 23.2 Å². The predicted octanol–water partition coefficient (Wildman–Crippen LogP) is 3.42. The van der Waals surface area contributed by atoms with E-state index in [9.17, 15) is 9.59 Å². The van der Waals surface area contributed by atoms with Crippen LogP contribution in [0.3, 0.4) is 0 Å². The molecule has 4 heterocycles. The van der Waals surface area contributed by atoms with E-state index in [-0.39, 0.29) is 17.9 Å². The monoisotopic (exact) mass is 459 g/mol. The Balaban J connectivity index is 1.44. The van der Waals surface area contributed by atoms with Crippen LogP contribution < -0.4 is 0 Å². The van der Waals surface area contributed by atoms with Crippen LogP contribution in [0.15, 0.2) is 35.1 Å². The molecule has 2 aliphatic heterocycles. The van der Waals surface area contributed by atoms with Crippen LogP contribution in [0.4, 0.5) is 0 Å². The molecule has 2 amide bonds. The number of carbonyl (C=O) groups excluding carboxylic acids is 2. The first-order valence-electron chi connectivity index (χ1n) is 9.95. The van der Waals surface area contributed by atoms with Crippen molar-refractivity contribution in [3.8, 4) is 0 Å². The Morgan fingerprint density at radius 3 is 2.81 bits per heavy atom. The molecule has 5 rings (SSSR count). The van der Waals surface area contributed by atoms with E-state index in [1.807, 2.05) is 6.92 Å². The van der Waals surface area contributed by atoms with Crippen molar-refractivity contribution in [1.29, 1.82) is 0 Å². The maximum absolute atomic E-state index is 13.3. The van der Waals surface area contributed by atoms with Gasteiger partial charge in [0.15, 0.2) is 0 Å². The van der Waals surface area contributed by atoms with Crippen LogP contribution in [-0.2, 0) is 26.1 Å². The molecular formula is C21H19Cl2N5O3. The molecule has 0 saturated heterocycles. The Labute approximate surface area is 188 Å². The maximum Gasteiger partial charge on any atom is 0.272 e. The molecule has 0 saturated carbocycles. The lowest BCUT2D eigenvalue weighted by molar-refractivity contribution is 0.0636. The van der Waals surface area contributed by atoms with Gasteiger partial charge < -0.3 is 14.3 Å². The van der Waals surface area contributed by atoms with Crippen LogP contribution in [0, 0.1) is 0 Å². The number of benzene rings is 1. The van der Waals surface area contributed by atoms with Crippen LogP contribution in [0.25, 0.3) is 0 Å². The summed E-state index contributed by atoms with van der Waals surface area (Å²) in [7, 11) is 0. The normalized spacial score (nSPS) is 18.2. The largest absolute Gasteiger partial charge is 0.364 e. The van der Waals surface area contributed by atoms with E-state index in [4.69, 9.17) is 27.7 Å². The van der Waals surface area contributed by atoms with Crippen molar-refractivity contribution in [2.45, 2.75) is 39.0 Å². The number of rotatable bonds is 3. The van der Waals surface area contributed by atoms with Crippen molar-refractivity contribution < 1.29 is 14.1 Å². The minimum absolute atomic E-state index is 0.0623. The van der Waals surface area contributed by atoms with Gasteiger partial charge in [-0.25, -0.2) is 0 Å². The summed E-state index contributed by atoms with van der Waals surface area (Å²) in [6, 6.07) is 6.54. The summed E-state index contributed by atoms with van der Waals surface area (Å²) in [5.74, 6) is -0.265. The second-order valence-corrected chi connectivity index (χ2v) is 8.64. The lowest BCUT2D eigenvalue weighted by atomic mass is 9.97. The number of fused-ring (bicyclic) bond motifs is 3. The molecule has 10 heteroatoms. The molecule has 1 atom stereocenters. The highest BCUT2D eigenvalue weighted by atomic mass is 35.5. The number of nitrogens with zero attached hydrogens (tertiary/aromatic N) is 5. The zero-order chi connectivity index (χ0) is 21.7. The predicted molar refractivity (Wildman–Crippen MR) is 113 cm³/mol. The minimum Gasteiger partial charge on any atom is -0.364 e. The van der Waals surface area contributed by atoms with Crippen molar-refractivity contribution in [3.63, 3.8) is 0 Å². The first kappa shape index (κ1) is 20.1. The SMILES string of the molecule is C[C@@H]1Cc2nn3c(c2CN1C(=O)c1ccc(Cl)c(Cl)c1)C(=O)N(Cc1ccon1)CC3. The third-order valence-electron chi connectivity index (χ3n) is 5.83. The summed E-state index contributed by atoms with van der Waals surface area (Å²) in [6.45, 7) is 3.81. The van der Waals surface area contributed by atoms with E-state index >= 15 is 0 Å². The molecule has 0 radical (unpaired) electrons. The van der Waals surface area contributed by atoms with E-state index in [0.717, 1.165) is 11.3 Å². The Bertz CT molecular complexity index is 1170. The standard InChI is InChI=1S/C21H19Cl2N5O3/c1-12-8-18-15(11-27(12)20(29)13-2-3-16(22)17(23)9-13)19-21(30)26(5-6-28(19)24-18)10-14-4-7-31-25-14/h2-4,7,9,12H,5-6,8,10-11H2,1H3/t12-/m1/s1. The van der Waals surface area contributed by atoms with Gasteiger partial charge in [-0.3, -0.25) is 14.3 Å². The third kappa shape index (κ3) is 3.49. The van der Waals surface area contributed by atoms with Crippen molar-refractivity contribution in [1.82, 2.24) is 24.7 Å². The van der Waals surface area contributed by atoms with Gasteiger partial charge in [0.05, 0.1) is 35.4 Å². The zero-order valence-corrected chi connectivity index (χ0v) is 18.2. The van der Waals surface area contributed by atoms with Gasteiger partial charge in [0.25, 0.3) is 11.8 Å². The van der Waals surface area contributed by atoms with Crippen LogP contribution in [0.5, 0.6) is 0 Å². The quantitative estimate of drug-likeness (QED) is 0.598. The molecule has 31 heavy (non-hydrogen) atoms. The van der Waals surface area contributed by atoms with E-state index in [2.05, 4.69) is 10.3 Å². The zero-order valence-electron chi connectivity index (χ0n) is 16.7. The second-order valence-electron chi connectivity index (χ2n) is 7.83. The molecule has 0 fully saturated rings. The molecule has 0 aliphatic carbocycles. The van der Waals surface area contributed by atoms with Gasteiger partial charge in [-0.1, -0.05) is 28.4 Å². The fourth-order valence-electron chi connectivity index (χ4n) is 4.20. The Morgan fingerprint density at radius 1 is 1.23 bits per heavy atom. The van der Waals surface area contributed by atoms with Crippen molar-refractivity contribution in [2.24, 2.45) is 0 Å². The molecular weight excluding hydrogens is 441 g/mol. The smallest absolute Gasteiger partial charge is 0.272 e. The van der Waals surface area contributed by atoms with Gasteiger partial charge in [-0.05, 0) is 25.1 Å². The number of hydrogen-bond acceptors (Lipinski definition) is 5. The highest BCUT2D eigenvalue weighted by molar-refractivity contribution is 6.42. The van der Waals surface area contributed by atoms with Crippen LogP contribution in [0.1, 0.15) is 44.7 Å². The number of amides is 2. The molecule has 160 valence electrons. The molecule has 8 nitrogen and oxygen atoms in total. The van der Waals surface area contributed by atoms with Gasteiger partial charge in [0, 0.05) is 36.2 Å². The molecule has 0 unspecified atom stereocenters. The van der Waals surface area contributed by atoms with Gasteiger partial charge in [0.1, 0.15) is 17.7 Å². The van der Waals surface area contributed by atoms with Gasteiger partial charge in [0.2, 0.25) is 0 Å². The third-order valence-corrected chi connectivity index (χ3v) is 6.57. The fourth-order valence-corrected chi connectivity index (χ4v) is 4.49. The van der Waals surface area contributed by atoms with Crippen molar-refractivity contribution >= 4 is 35.0 Å². The van der Waals surface area contributed by atoms with Crippen LogP contribution in [-0.4, -0.2) is 49.1 Å². The molecule has 0 spiro atoms. The molecule has 2 aromatic heterocycles. The van der Waals surface area contributed by atoms with Gasteiger partial charge in [-0.2, -0.15) is 5.10 Å². The van der Waals surface area contributed by atoms with Gasteiger partial charge >= 0.3 is 0 Å². The van der Waals surface area contributed by atoms with Crippen molar-refractivity contribution in [2.75, 3.05) is 6.54 Å². The number of aromatic nitrogens is 3. The fraction of sp³-hybridized carbons (Fsp3) is 0.333. The molecule has 0 N–H and O–H groups in total. The van der Waals surface area contributed by atoms with E-state index in [0.29, 0.717) is 59.6 Å².